The first-order valence-corrected chi connectivity index (χ1v) is 7.22. The minimum absolute atomic E-state index is 0.485. The van der Waals surface area contributed by atoms with Crippen LogP contribution in [0.3, 0.4) is 0 Å². The van der Waals surface area contributed by atoms with Gasteiger partial charge < -0.3 is 5.32 Å². The Labute approximate surface area is 104 Å². The molecule has 0 aliphatic carbocycles. The van der Waals surface area contributed by atoms with E-state index in [0.717, 1.165) is 5.92 Å². The Hall–Kier alpha value is -0.340. The first-order valence-electron chi connectivity index (χ1n) is 6.34. The van der Waals surface area contributed by atoms with Crippen molar-refractivity contribution in [3.8, 4) is 0 Å². The second-order valence-electron chi connectivity index (χ2n) is 5.01. The Morgan fingerprint density at radius 1 is 1.31 bits per heavy atom. The van der Waals surface area contributed by atoms with Gasteiger partial charge in [0.25, 0.3) is 0 Å². The molecule has 0 radical (unpaired) electrons. The average Bonchev–Trinajstić information content (AvgIpc) is 2.63. The molecule has 2 heteroatoms. The molecule has 1 rings (SSSR count). The molecule has 1 nitrogen and oxygen atoms in total. The van der Waals surface area contributed by atoms with E-state index in [1.807, 2.05) is 11.3 Å². The summed E-state index contributed by atoms with van der Waals surface area (Å²) in [7, 11) is 0. The lowest BCUT2D eigenvalue weighted by Crippen LogP contribution is -2.30. The second kappa shape index (κ2) is 6.41. The van der Waals surface area contributed by atoms with Crippen LogP contribution in [0.15, 0.2) is 11.4 Å². The van der Waals surface area contributed by atoms with Crippen LogP contribution in [0.25, 0.3) is 0 Å². The zero-order chi connectivity index (χ0) is 12.1. The van der Waals surface area contributed by atoms with Crippen molar-refractivity contribution in [1.29, 1.82) is 0 Å². The quantitative estimate of drug-likeness (QED) is 0.769. The van der Waals surface area contributed by atoms with E-state index in [1.165, 1.54) is 23.3 Å². The summed E-state index contributed by atoms with van der Waals surface area (Å²) in [6.45, 7) is 11.4. The topological polar surface area (TPSA) is 12.0 Å². The van der Waals surface area contributed by atoms with Crippen LogP contribution >= 0.6 is 11.3 Å². The molecule has 3 unspecified atom stereocenters. The first kappa shape index (κ1) is 13.7. The van der Waals surface area contributed by atoms with Crippen molar-refractivity contribution in [2.24, 2.45) is 5.92 Å². The molecular formula is C14H25NS. The molecule has 0 saturated heterocycles. The van der Waals surface area contributed by atoms with Gasteiger partial charge in [0.05, 0.1) is 0 Å². The lowest BCUT2D eigenvalue weighted by molar-refractivity contribution is 0.387. The van der Waals surface area contributed by atoms with Gasteiger partial charge in [-0.2, -0.15) is 0 Å². The predicted octanol–water partition coefficient (Wildman–Crippen LogP) is 4.53. The Bertz CT molecular complexity index is 305. The van der Waals surface area contributed by atoms with Gasteiger partial charge in [0.2, 0.25) is 0 Å². The van der Waals surface area contributed by atoms with Crippen molar-refractivity contribution >= 4 is 11.3 Å². The largest absolute Gasteiger partial charge is 0.307 e. The molecule has 0 aliphatic heterocycles. The number of thiophene rings is 1. The normalized spacial score (nSPS) is 17.1. The number of nitrogens with one attached hydrogen (secondary N) is 1. The summed E-state index contributed by atoms with van der Waals surface area (Å²) < 4.78 is 0. The van der Waals surface area contributed by atoms with Gasteiger partial charge in [0.15, 0.2) is 0 Å². The molecule has 3 atom stereocenters. The lowest BCUT2D eigenvalue weighted by atomic mass is 9.99. The monoisotopic (exact) mass is 239 g/mol. The van der Waals surface area contributed by atoms with Crippen LogP contribution in [-0.4, -0.2) is 6.04 Å². The smallest absolute Gasteiger partial charge is 0.0390 e. The van der Waals surface area contributed by atoms with Crippen molar-refractivity contribution in [2.45, 2.75) is 59.5 Å². The van der Waals surface area contributed by atoms with E-state index in [2.05, 4.69) is 51.4 Å². The fourth-order valence-corrected chi connectivity index (χ4v) is 3.11. The molecule has 0 saturated carbocycles. The van der Waals surface area contributed by atoms with Crippen LogP contribution in [0.4, 0.5) is 0 Å². The molecule has 0 spiro atoms. The molecule has 92 valence electrons. The molecule has 0 aliphatic rings. The summed E-state index contributed by atoms with van der Waals surface area (Å²) in [6.07, 6.45) is 2.55. The van der Waals surface area contributed by atoms with Crippen molar-refractivity contribution < 1.29 is 0 Å². The maximum Gasteiger partial charge on any atom is 0.0390 e. The van der Waals surface area contributed by atoms with E-state index in [0.29, 0.717) is 12.1 Å². The first-order chi connectivity index (χ1) is 7.54. The molecule has 1 heterocycles. The number of aryl methyl sites for hydroxylation is 1. The van der Waals surface area contributed by atoms with Gasteiger partial charge in [0, 0.05) is 17.0 Å². The summed E-state index contributed by atoms with van der Waals surface area (Å²) in [5.74, 6) is 0.819. The number of hydrogen-bond acceptors (Lipinski definition) is 2. The highest BCUT2D eigenvalue weighted by atomic mass is 32.1. The summed E-state index contributed by atoms with van der Waals surface area (Å²) in [6, 6.07) is 3.29. The lowest BCUT2D eigenvalue weighted by Gasteiger charge is -2.22. The highest BCUT2D eigenvalue weighted by Gasteiger charge is 2.13. The molecule has 0 aromatic carbocycles. The van der Waals surface area contributed by atoms with Crippen LogP contribution < -0.4 is 5.32 Å². The molecule has 1 aromatic heterocycles. The van der Waals surface area contributed by atoms with E-state index in [1.54, 1.807) is 0 Å². The van der Waals surface area contributed by atoms with Gasteiger partial charge in [-0.1, -0.05) is 20.3 Å². The predicted molar refractivity (Wildman–Crippen MR) is 74.1 cm³/mol. The Kier molecular flexibility index (Phi) is 5.50. The average molecular weight is 239 g/mol. The molecular weight excluding hydrogens is 214 g/mol. The van der Waals surface area contributed by atoms with Crippen molar-refractivity contribution in [1.82, 2.24) is 5.32 Å². The van der Waals surface area contributed by atoms with Crippen molar-refractivity contribution in [3.63, 3.8) is 0 Å². The van der Waals surface area contributed by atoms with Crippen LogP contribution in [0.2, 0.25) is 0 Å². The Morgan fingerprint density at radius 3 is 2.50 bits per heavy atom. The van der Waals surface area contributed by atoms with Gasteiger partial charge in [0.1, 0.15) is 0 Å². The third-order valence-corrected chi connectivity index (χ3v) is 4.48. The zero-order valence-corrected chi connectivity index (χ0v) is 12.0. The third kappa shape index (κ3) is 3.91. The number of hydrogen-bond donors (Lipinski definition) is 1. The molecule has 1 N–H and O–H groups in total. The molecule has 0 bridgehead atoms. The van der Waals surface area contributed by atoms with Crippen molar-refractivity contribution in [3.05, 3.63) is 21.9 Å². The summed E-state index contributed by atoms with van der Waals surface area (Å²) in [4.78, 5) is 1.48. The SMILES string of the molecule is CCC(C)CC(C)NC(C)c1sccc1C. The molecule has 0 fully saturated rings. The highest BCUT2D eigenvalue weighted by Crippen LogP contribution is 2.24. The van der Waals surface area contributed by atoms with Crippen molar-refractivity contribution in [2.75, 3.05) is 0 Å². The minimum atomic E-state index is 0.485. The van der Waals surface area contributed by atoms with Crippen LogP contribution in [-0.2, 0) is 0 Å². The highest BCUT2D eigenvalue weighted by molar-refractivity contribution is 7.10. The molecule has 1 aromatic rings. The minimum Gasteiger partial charge on any atom is -0.307 e. The Morgan fingerprint density at radius 2 is 2.00 bits per heavy atom. The van der Waals surface area contributed by atoms with E-state index in [4.69, 9.17) is 0 Å². The van der Waals surface area contributed by atoms with Gasteiger partial charge in [-0.25, -0.2) is 0 Å². The van der Waals surface area contributed by atoms with E-state index in [9.17, 15) is 0 Å². The van der Waals surface area contributed by atoms with E-state index in [-0.39, 0.29) is 0 Å². The zero-order valence-electron chi connectivity index (χ0n) is 11.2. The van der Waals surface area contributed by atoms with Gasteiger partial charge in [-0.05, 0) is 50.1 Å². The van der Waals surface area contributed by atoms with Crippen LogP contribution in [0, 0.1) is 12.8 Å². The second-order valence-corrected chi connectivity index (χ2v) is 5.95. The summed E-state index contributed by atoms with van der Waals surface area (Å²) in [5, 5.41) is 5.88. The molecule has 0 amide bonds. The van der Waals surface area contributed by atoms with E-state index >= 15 is 0 Å². The molecule has 16 heavy (non-hydrogen) atoms. The summed E-state index contributed by atoms with van der Waals surface area (Å²) in [5.41, 5.74) is 1.42. The Balaban J connectivity index is 2.45. The van der Waals surface area contributed by atoms with Crippen LogP contribution in [0.5, 0.6) is 0 Å². The fourth-order valence-electron chi connectivity index (χ4n) is 2.17. The third-order valence-electron chi connectivity index (χ3n) is 3.28. The summed E-state index contributed by atoms with van der Waals surface area (Å²) >= 11 is 1.86. The standard InChI is InChI=1S/C14H25NS/c1-6-10(2)9-12(4)15-13(5)14-11(3)7-8-16-14/h7-8,10,12-13,15H,6,9H2,1-5H3. The fraction of sp³-hybridized carbons (Fsp3) is 0.714. The van der Waals surface area contributed by atoms with Gasteiger partial charge in [-0.3, -0.25) is 0 Å². The maximum atomic E-state index is 3.70. The maximum absolute atomic E-state index is 3.70. The van der Waals surface area contributed by atoms with E-state index < -0.39 is 0 Å². The van der Waals surface area contributed by atoms with Gasteiger partial charge >= 0.3 is 0 Å². The van der Waals surface area contributed by atoms with Gasteiger partial charge in [-0.15, -0.1) is 11.3 Å². The van der Waals surface area contributed by atoms with Crippen LogP contribution in [0.1, 0.15) is 57.0 Å². The number of rotatable bonds is 6.